The summed E-state index contributed by atoms with van der Waals surface area (Å²) in [5.74, 6) is -2.13. The molecule has 15 heteroatoms. The number of alkyl halides is 1. The highest BCUT2D eigenvalue weighted by molar-refractivity contribution is 7.52. The van der Waals surface area contributed by atoms with Crippen molar-refractivity contribution >= 4 is 13.7 Å². The molecule has 3 rings (SSSR count). The van der Waals surface area contributed by atoms with E-state index in [0.29, 0.717) is 0 Å². The normalized spacial score (nSPS) is 27.1. The average molecular weight is 505 g/mol. The van der Waals surface area contributed by atoms with Gasteiger partial charge in [0.05, 0.1) is 6.61 Å². The Balaban J connectivity index is 1.81. The van der Waals surface area contributed by atoms with E-state index in [4.69, 9.17) is 18.9 Å². The van der Waals surface area contributed by atoms with Crippen molar-refractivity contribution in [1.29, 1.82) is 0 Å². The number of hydrogen-bond acceptors (Lipinski definition) is 8. The Morgan fingerprint density at radius 3 is 2.59 bits per heavy atom. The number of aromatic nitrogens is 2. The zero-order valence-corrected chi connectivity index (χ0v) is 18.8. The fourth-order valence-electron chi connectivity index (χ4n) is 3.15. The summed E-state index contributed by atoms with van der Waals surface area (Å²) in [4.78, 5) is 36.5. The van der Waals surface area contributed by atoms with E-state index in [1.54, 1.807) is 0 Å². The Morgan fingerprint density at radius 2 is 2.00 bits per heavy atom. The number of carbonyl (C=O) groups is 1. The van der Waals surface area contributed by atoms with E-state index in [0.717, 1.165) is 54.9 Å². The summed E-state index contributed by atoms with van der Waals surface area (Å²) in [5, 5.41) is 21.7. The fourth-order valence-corrected chi connectivity index (χ4v) is 4.66. The Bertz CT molecular complexity index is 1200. The molecule has 1 saturated heterocycles. The number of rotatable bonds is 9. The third-order valence-electron chi connectivity index (χ3n) is 4.99. The van der Waals surface area contributed by atoms with Gasteiger partial charge >= 0.3 is 19.4 Å². The molecule has 1 unspecified atom stereocenters. The van der Waals surface area contributed by atoms with Gasteiger partial charge in [0.15, 0.2) is 11.9 Å². The molecule has 34 heavy (non-hydrogen) atoms. The minimum absolute atomic E-state index is 0.129. The van der Waals surface area contributed by atoms with E-state index in [1.807, 2.05) is 4.98 Å². The highest BCUT2D eigenvalue weighted by atomic mass is 31.2. The minimum atomic E-state index is -4.48. The Labute approximate surface area is 190 Å². The number of H-pyrrole nitrogens is 1. The predicted molar refractivity (Wildman–Crippen MR) is 112 cm³/mol. The van der Waals surface area contributed by atoms with Crippen molar-refractivity contribution in [2.24, 2.45) is 0 Å². The lowest BCUT2D eigenvalue weighted by molar-refractivity contribution is -0.138. The fraction of sp³-hybridized carbons (Fsp3) is 0.421. The number of aromatic amines is 1. The molecule has 0 spiro atoms. The van der Waals surface area contributed by atoms with Crippen LogP contribution in [-0.4, -0.2) is 56.3 Å². The van der Waals surface area contributed by atoms with E-state index >= 15 is 4.39 Å². The van der Waals surface area contributed by atoms with Gasteiger partial charge in [0.2, 0.25) is 0 Å². The predicted octanol–water partition coefficient (Wildman–Crippen LogP) is 0.929. The maximum atomic E-state index is 15.3. The van der Waals surface area contributed by atoms with Gasteiger partial charge in [0.1, 0.15) is 29.8 Å². The highest BCUT2D eigenvalue weighted by Gasteiger charge is 2.55. The summed E-state index contributed by atoms with van der Waals surface area (Å²) in [7, 11) is -4.48. The van der Waals surface area contributed by atoms with Crippen molar-refractivity contribution < 1.29 is 42.1 Å². The number of hydrogen-bond donors (Lipinski definition) is 4. The van der Waals surface area contributed by atoms with Crippen LogP contribution in [0, 0.1) is 5.82 Å². The quantitative estimate of drug-likeness (QED) is 0.360. The Morgan fingerprint density at radius 1 is 1.35 bits per heavy atom. The van der Waals surface area contributed by atoms with E-state index < -0.39 is 67.5 Å². The molecule has 2 heterocycles. The molecule has 0 aliphatic carbocycles. The van der Waals surface area contributed by atoms with Gasteiger partial charge in [0, 0.05) is 12.3 Å². The highest BCUT2D eigenvalue weighted by Crippen LogP contribution is 2.47. The first kappa shape index (κ1) is 25.7. The largest absolute Gasteiger partial charge is 0.480 e. The summed E-state index contributed by atoms with van der Waals surface area (Å²) < 4.78 is 58.3. The molecule has 1 aromatic carbocycles. The molecule has 0 saturated carbocycles. The summed E-state index contributed by atoms with van der Waals surface area (Å²) in [6.45, 7) is 1.36. The molecule has 2 aromatic rings. The van der Waals surface area contributed by atoms with Crippen LogP contribution in [-0.2, 0) is 18.6 Å². The molecule has 4 N–H and O–H groups in total. The monoisotopic (exact) mass is 505 g/mol. The first-order chi connectivity index (χ1) is 15.8. The number of carboxylic acid groups (broad SMARTS) is 1. The van der Waals surface area contributed by atoms with Crippen LogP contribution in [0.15, 0.2) is 46.1 Å². The molecule has 12 nitrogen and oxygen atoms in total. The number of ether oxygens (including phenoxy) is 1. The summed E-state index contributed by atoms with van der Waals surface area (Å²) >= 11 is 0. The number of carboxylic acids is 1. The van der Waals surface area contributed by atoms with Crippen molar-refractivity contribution in [2.45, 2.75) is 44.0 Å². The van der Waals surface area contributed by atoms with Crippen molar-refractivity contribution in [3.8, 4) is 5.75 Å². The molecule has 186 valence electrons. The molecule has 0 amide bonds. The average Bonchev–Trinajstić information content (AvgIpc) is 2.97. The van der Waals surface area contributed by atoms with E-state index in [1.165, 1.54) is 0 Å². The first-order valence-electron chi connectivity index (χ1n) is 9.86. The number of aliphatic hydroxyl groups excluding tert-OH is 1. The Hall–Kier alpha value is -2.90. The van der Waals surface area contributed by atoms with Crippen molar-refractivity contribution in [3.63, 3.8) is 0 Å². The number of nitrogens with one attached hydrogen (secondary N) is 2. The molecule has 0 bridgehead atoms. The van der Waals surface area contributed by atoms with Gasteiger partial charge < -0.3 is 19.5 Å². The molecule has 1 aliphatic rings. The van der Waals surface area contributed by atoms with Gasteiger partial charge in [-0.1, -0.05) is 0 Å². The second kappa shape index (κ2) is 9.76. The second-order valence-electron chi connectivity index (χ2n) is 7.67. The topological polar surface area (TPSA) is 169 Å². The smallest absolute Gasteiger partial charge is 0.459 e. The molecular formula is C19H22F2N3O9P. The molecule has 1 fully saturated rings. The standard InChI is InChI=1S/C19H22F2N3O9P/c1-10(16(27)28)23-34(30,33-12-5-3-11(20)4-6-12)31-9-13-15(26)19(2,21)17(32-13)24-8-7-14(25)22-18(24)29/h3-8,10,13,15,17,26H,9H2,1-2H3,(H,23,30)(H,27,28)(H,22,25,29)/t10-,13-,15-,17-,19-,34?/m1/s1. The number of halogens is 2. The molecule has 0 radical (unpaired) electrons. The number of nitrogens with zero attached hydrogens (tertiary/aromatic N) is 1. The maximum absolute atomic E-state index is 15.3. The minimum Gasteiger partial charge on any atom is -0.480 e. The molecule has 1 aromatic heterocycles. The molecular weight excluding hydrogens is 483 g/mol. The van der Waals surface area contributed by atoms with Crippen LogP contribution in [0.3, 0.4) is 0 Å². The number of aliphatic hydroxyl groups is 1. The van der Waals surface area contributed by atoms with Gasteiger partial charge in [-0.3, -0.25) is 23.7 Å². The van der Waals surface area contributed by atoms with Crippen LogP contribution in [0.2, 0.25) is 0 Å². The lowest BCUT2D eigenvalue weighted by atomic mass is 9.98. The molecule has 6 atom stereocenters. The van der Waals surface area contributed by atoms with Gasteiger partial charge in [-0.2, -0.15) is 5.09 Å². The summed E-state index contributed by atoms with van der Waals surface area (Å²) in [6.07, 6.45) is -4.06. The van der Waals surface area contributed by atoms with Crippen molar-refractivity contribution in [2.75, 3.05) is 6.61 Å². The van der Waals surface area contributed by atoms with Gasteiger partial charge in [-0.15, -0.1) is 0 Å². The second-order valence-corrected chi connectivity index (χ2v) is 9.36. The molecule has 1 aliphatic heterocycles. The van der Waals surface area contributed by atoms with E-state index in [2.05, 4.69) is 5.09 Å². The van der Waals surface area contributed by atoms with E-state index in [-0.39, 0.29) is 5.75 Å². The van der Waals surface area contributed by atoms with Gasteiger partial charge in [0.25, 0.3) is 5.56 Å². The van der Waals surface area contributed by atoms with Gasteiger partial charge in [-0.05, 0) is 38.1 Å². The van der Waals surface area contributed by atoms with Crippen LogP contribution in [0.1, 0.15) is 20.1 Å². The Kier molecular flexibility index (Phi) is 7.38. The van der Waals surface area contributed by atoms with Crippen molar-refractivity contribution in [1.82, 2.24) is 14.6 Å². The first-order valence-corrected chi connectivity index (χ1v) is 11.4. The zero-order chi connectivity index (χ0) is 25.3. The summed E-state index contributed by atoms with van der Waals surface area (Å²) in [6, 6.07) is 3.79. The van der Waals surface area contributed by atoms with E-state index in [9.17, 15) is 28.4 Å². The lowest BCUT2D eigenvalue weighted by Gasteiger charge is -2.25. The zero-order valence-electron chi connectivity index (χ0n) is 17.9. The number of benzene rings is 1. The van der Waals surface area contributed by atoms with Crippen LogP contribution in [0.5, 0.6) is 5.75 Å². The van der Waals surface area contributed by atoms with Crippen molar-refractivity contribution in [3.05, 3.63) is 63.2 Å². The SMILES string of the molecule is C[C@@H](NP(=O)(OC[C@H]1O[C@@H](n2ccc(=O)[nH]c2=O)[C@](C)(F)[C@@H]1O)Oc1ccc(F)cc1)C(=O)O. The van der Waals surface area contributed by atoms with Crippen LogP contribution in [0.25, 0.3) is 0 Å². The lowest BCUT2D eigenvalue weighted by Crippen LogP contribution is -2.43. The summed E-state index contributed by atoms with van der Waals surface area (Å²) in [5.41, 5.74) is -4.25. The van der Waals surface area contributed by atoms with Crippen LogP contribution in [0.4, 0.5) is 8.78 Å². The van der Waals surface area contributed by atoms with Crippen LogP contribution >= 0.6 is 7.75 Å². The van der Waals surface area contributed by atoms with Gasteiger partial charge in [-0.25, -0.2) is 18.1 Å². The third kappa shape index (κ3) is 5.59. The van der Waals surface area contributed by atoms with Crippen LogP contribution < -0.4 is 20.9 Å². The maximum Gasteiger partial charge on any atom is 0.459 e. The third-order valence-corrected chi connectivity index (χ3v) is 6.63. The number of aliphatic carboxylic acids is 1.